The van der Waals surface area contributed by atoms with E-state index in [0.717, 1.165) is 19.5 Å². The first kappa shape index (κ1) is 20.1. The van der Waals surface area contributed by atoms with E-state index in [4.69, 9.17) is 4.74 Å². The van der Waals surface area contributed by atoms with Crippen molar-refractivity contribution in [3.63, 3.8) is 0 Å². The SMILES string of the molecule is Cn1nccc1C(=O)Nc1cccc(OCC(O)CN2CCc3ccccc3C2)c1. The number of ether oxygens (including phenoxy) is 1. The summed E-state index contributed by atoms with van der Waals surface area (Å²) in [6.45, 7) is 2.54. The Hall–Kier alpha value is -3.16. The predicted octanol–water partition coefficient (Wildman–Crippen LogP) is 2.47. The summed E-state index contributed by atoms with van der Waals surface area (Å²) in [6, 6.07) is 17.3. The van der Waals surface area contributed by atoms with Gasteiger partial charge in [-0.2, -0.15) is 5.10 Å². The van der Waals surface area contributed by atoms with Crippen LogP contribution < -0.4 is 10.1 Å². The smallest absolute Gasteiger partial charge is 0.273 e. The van der Waals surface area contributed by atoms with Crippen molar-refractivity contribution in [1.29, 1.82) is 0 Å². The number of amides is 1. The second kappa shape index (κ2) is 9.11. The van der Waals surface area contributed by atoms with E-state index in [2.05, 4.69) is 39.6 Å². The van der Waals surface area contributed by atoms with Crippen LogP contribution in [0.2, 0.25) is 0 Å². The molecule has 0 aliphatic carbocycles. The summed E-state index contributed by atoms with van der Waals surface area (Å²) in [5.41, 5.74) is 3.82. The lowest BCUT2D eigenvalue weighted by Gasteiger charge is -2.30. The van der Waals surface area contributed by atoms with Gasteiger partial charge < -0.3 is 15.2 Å². The number of aromatic nitrogens is 2. The van der Waals surface area contributed by atoms with Gasteiger partial charge in [0.05, 0.1) is 0 Å². The molecule has 4 rings (SSSR count). The highest BCUT2D eigenvalue weighted by atomic mass is 16.5. The minimum absolute atomic E-state index is 0.192. The largest absolute Gasteiger partial charge is 0.491 e. The van der Waals surface area contributed by atoms with Gasteiger partial charge in [0.25, 0.3) is 5.91 Å². The lowest BCUT2D eigenvalue weighted by Crippen LogP contribution is -2.38. The van der Waals surface area contributed by atoms with Crippen LogP contribution in [0.1, 0.15) is 21.6 Å². The molecule has 3 aromatic rings. The number of aliphatic hydroxyl groups is 1. The molecule has 0 spiro atoms. The number of carbonyl (C=O) groups excluding carboxylic acids is 1. The van der Waals surface area contributed by atoms with E-state index >= 15 is 0 Å². The molecule has 0 saturated heterocycles. The molecule has 7 heteroatoms. The Morgan fingerprint density at radius 1 is 1.20 bits per heavy atom. The second-order valence-electron chi connectivity index (χ2n) is 7.54. The van der Waals surface area contributed by atoms with E-state index < -0.39 is 6.10 Å². The van der Waals surface area contributed by atoms with E-state index in [9.17, 15) is 9.90 Å². The van der Waals surface area contributed by atoms with Crippen molar-refractivity contribution in [2.45, 2.75) is 19.1 Å². The van der Waals surface area contributed by atoms with Gasteiger partial charge in [-0.3, -0.25) is 14.4 Å². The molecule has 1 unspecified atom stereocenters. The number of hydrogen-bond acceptors (Lipinski definition) is 5. The van der Waals surface area contributed by atoms with Gasteiger partial charge in [0.15, 0.2) is 0 Å². The van der Waals surface area contributed by atoms with E-state index in [1.165, 1.54) is 15.8 Å². The Balaban J connectivity index is 1.28. The molecule has 0 fully saturated rings. The van der Waals surface area contributed by atoms with Crippen molar-refractivity contribution in [3.8, 4) is 5.75 Å². The normalized spacial score (nSPS) is 14.7. The first-order valence-corrected chi connectivity index (χ1v) is 10.1. The van der Waals surface area contributed by atoms with Crippen molar-refractivity contribution in [2.75, 3.05) is 25.0 Å². The fourth-order valence-electron chi connectivity index (χ4n) is 3.71. The summed E-state index contributed by atoms with van der Waals surface area (Å²) >= 11 is 0. The molecule has 1 amide bonds. The number of benzene rings is 2. The minimum Gasteiger partial charge on any atom is -0.491 e. The zero-order valence-electron chi connectivity index (χ0n) is 17.0. The molecule has 0 bridgehead atoms. The average molecular weight is 406 g/mol. The molecule has 7 nitrogen and oxygen atoms in total. The average Bonchev–Trinajstić information content (AvgIpc) is 3.18. The molecule has 2 N–H and O–H groups in total. The predicted molar refractivity (Wildman–Crippen MR) is 115 cm³/mol. The Morgan fingerprint density at radius 2 is 2.03 bits per heavy atom. The maximum Gasteiger partial charge on any atom is 0.273 e. The number of β-amino-alcohol motifs (C(OH)–C–C–N with tert-alkyl or cyclic N) is 1. The van der Waals surface area contributed by atoms with Gasteiger partial charge in [0.1, 0.15) is 24.2 Å². The van der Waals surface area contributed by atoms with Gasteiger partial charge in [-0.25, -0.2) is 0 Å². The van der Waals surface area contributed by atoms with Crippen molar-refractivity contribution < 1.29 is 14.6 Å². The van der Waals surface area contributed by atoms with Gasteiger partial charge >= 0.3 is 0 Å². The van der Waals surface area contributed by atoms with E-state index in [1.54, 1.807) is 31.4 Å². The third-order valence-corrected chi connectivity index (χ3v) is 5.27. The van der Waals surface area contributed by atoms with Crippen molar-refractivity contribution in [2.24, 2.45) is 7.05 Å². The van der Waals surface area contributed by atoms with Gasteiger partial charge in [-0.1, -0.05) is 30.3 Å². The second-order valence-corrected chi connectivity index (χ2v) is 7.54. The van der Waals surface area contributed by atoms with Crippen LogP contribution in [-0.4, -0.2) is 51.5 Å². The van der Waals surface area contributed by atoms with E-state index in [0.29, 0.717) is 23.7 Å². The number of nitrogens with one attached hydrogen (secondary N) is 1. The number of rotatable bonds is 7. The summed E-state index contributed by atoms with van der Waals surface area (Å²) < 4.78 is 7.29. The zero-order valence-corrected chi connectivity index (χ0v) is 17.0. The molecule has 2 heterocycles. The molecule has 2 aromatic carbocycles. The third kappa shape index (κ3) is 4.87. The van der Waals surface area contributed by atoms with Gasteiger partial charge in [-0.15, -0.1) is 0 Å². The Bertz CT molecular complexity index is 1020. The molecule has 0 saturated carbocycles. The van der Waals surface area contributed by atoms with Crippen LogP contribution >= 0.6 is 0 Å². The topological polar surface area (TPSA) is 79.6 Å². The lowest BCUT2D eigenvalue weighted by atomic mass is 10.00. The van der Waals surface area contributed by atoms with Crippen molar-refractivity contribution in [1.82, 2.24) is 14.7 Å². The minimum atomic E-state index is -0.594. The monoisotopic (exact) mass is 406 g/mol. The molecule has 1 aliphatic rings. The fourth-order valence-corrected chi connectivity index (χ4v) is 3.71. The van der Waals surface area contributed by atoms with Crippen molar-refractivity contribution >= 4 is 11.6 Å². The number of hydrogen-bond donors (Lipinski definition) is 2. The van der Waals surface area contributed by atoms with E-state index in [-0.39, 0.29) is 12.5 Å². The summed E-state index contributed by atoms with van der Waals surface area (Å²) in [5.74, 6) is 0.360. The molecule has 156 valence electrons. The van der Waals surface area contributed by atoms with Gasteiger partial charge in [0.2, 0.25) is 0 Å². The van der Waals surface area contributed by atoms with Crippen LogP contribution in [-0.2, 0) is 20.0 Å². The third-order valence-electron chi connectivity index (χ3n) is 5.27. The first-order valence-electron chi connectivity index (χ1n) is 10.1. The number of aryl methyl sites for hydroxylation is 1. The molecule has 30 heavy (non-hydrogen) atoms. The highest BCUT2D eigenvalue weighted by Crippen LogP contribution is 2.20. The summed E-state index contributed by atoms with van der Waals surface area (Å²) in [7, 11) is 1.72. The Labute approximate surface area is 175 Å². The van der Waals surface area contributed by atoms with Crippen LogP contribution in [0.25, 0.3) is 0 Å². The highest BCUT2D eigenvalue weighted by molar-refractivity contribution is 6.03. The van der Waals surface area contributed by atoms with Crippen LogP contribution in [0.15, 0.2) is 60.8 Å². The van der Waals surface area contributed by atoms with Crippen molar-refractivity contribution in [3.05, 3.63) is 77.6 Å². The number of fused-ring (bicyclic) bond motifs is 1. The quantitative estimate of drug-likeness (QED) is 0.630. The van der Waals surface area contributed by atoms with Gasteiger partial charge in [-0.05, 0) is 35.7 Å². The highest BCUT2D eigenvalue weighted by Gasteiger charge is 2.19. The lowest BCUT2D eigenvalue weighted by molar-refractivity contribution is 0.0638. The maximum atomic E-state index is 12.3. The van der Waals surface area contributed by atoms with Crippen LogP contribution in [0.3, 0.4) is 0 Å². The number of aliphatic hydroxyl groups excluding tert-OH is 1. The molecular formula is C23H26N4O3. The maximum absolute atomic E-state index is 12.3. The summed E-state index contributed by atoms with van der Waals surface area (Å²) in [5, 5.41) is 17.3. The molecular weight excluding hydrogens is 380 g/mol. The summed E-state index contributed by atoms with van der Waals surface area (Å²) in [4.78, 5) is 14.6. The van der Waals surface area contributed by atoms with Crippen LogP contribution in [0.5, 0.6) is 5.75 Å². The molecule has 1 atom stereocenters. The molecule has 1 aliphatic heterocycles. The number of carbonyl (C=O) groups is 1. The zero-order chi connectivity index (χ0) is 20.9. The number of nitrogens with zero attached hydrogens (tertiary/aromatic N) is 3. The van der Waals surface area contributed by atoms with Crippen LogP contribution in [0, 0.1) is 0 Å². The van der Waals surface area contributed by atoms with E-state index in [1.807, 2.05) is 12.1 Å². The molecule has 0 radical (unpaired) electrons. The standard InChI is InChI=1S/C23H26N4O3/c1-26-22(9-11-24-26)23(29)25-19-7-4-8-21(13-19)30-16-20(28)15-27-12-10-17-5-2-3-6-18(17)14-27/h2-9,11,13,20,28H,10,12,14-16H2,1H3,(H,25,29). The first-order chi connectivity index (χ1) is 14.6. The molecule has 1 aromatic heterocycles. The fraction of sp³-hybridized carbons (Fsp3) is 0.304. The number of anilines is 1. The Morgan fingerprint density at radius 3 is 2.83 bits per heavy atom. The summed E-state index contributed by atoms with van der Waals surface area (Å²) in [6.07, 6.45) is 1.99. The van der Waals surface area contributed by atoms with Crippen LogP contribution in [0.4, 0.5) is 5.69 Å². The van der Waals surface area contributed by atoms with Gasteiger partial charge in [0, 0.05) is 44.6 Å². The Kier molecular flexibility index (Phi) is 6.11.